The predicted molar refractivity (Wildman–Crippen MR) is 156 cm³/mol. The van der Waals surface area contributed by atoms with E-state index < -0.39 is 35.2 Å². The zero-order valence-corrected chi connectivity index (χ0v) is 23.1. The van der Waals surface area contributed by atoms with E-state index in [1.807, 2.05) is 47.9 Å². The number of phenolic OH excluding ortho intramolecular Hbond substituents is 1. The Labute approximate surface area is 252 Å². The number of benzene rings is 3. The molecular weight excluding hydrogens is 602 g/mol. The molecule has 5 rings (SSSR count). The summed E-state index contributed by atoms with van der Waals surface area (Å²) in [7, 11) is 0. The Morgan fingerprint density at radius 3 is 2.18 bits per heavy atom. The fourth-order valence-electron chi connectivity index (χ4n) is 4.43. The summed E-state index contributed by atoms with van der Waals surface area (Å²) in [6.45, 7) is 0.0896. The molecule has 0 saturated carbocycles. The monoisotopic (exact) mass is 626 g/mol. The molecule has 0 spiro atoms. The lowest BCUT2D eigenvalue weighted by molar-refractivity contribution is -0.143. The first-order valence-corrected chi connectivity index (χ1v) is 13.4. The molecule has 0 radical (unpaired) electrons. The van der Waals surface area contributed by atoms with Crippen molar-refractivity contribution in [2.75, 3.05) is 23.7 Å². The van der Waals surface area contributed by atoms with E-state index in [2.05, 4.69) is 15.6 Å². The van der Waals surface area contributed by atoms with E-state index in [4.69, 9.17) is 5.10 Å². The number of pyridine rings is 1. The number of hydrogen-bond acceptors (Lipinski definition) is 5. The molecule has 2 heterocycles. The number of aromatic nitrogens is 3. The van der Waals surface area contributed by atoms with Crippen LogP contribution in [0.1, 0.15) is 11.1 Å². The normalized spacial score (nSPS) is 11.7. The molecule has 0 bridgehead atoms. The Balaban J connectivity index is 1.27. The van der Waals surface area contributed by atoms with Gasteiger partial charge in [0.25, 0.3) is 0 Å². The van der Waals surface area contributed by atoms with E-state index in [1.165, 1.54) is 0 Å². The molecule has 0 fully saturated rings. The second-order valence-corrected chi connectivity index (χ2v) is 9.75. The Bertz CT molecular complexity index is 1770. The number of anilines is 2. The number of amides is 2. The molecule has 2 aromatic heterocycles. The van der Waals surface area contributed by atoms with Gasteiger partial charge in [0.1, 0.15) is 17.3 Å². The van der Waals surface area contributed by atoms with E-state index >= 15 is 0 Å². The number of hydrogen-bond donors (Lipinski definition) is 4. The van der Waals surface area contributed by atoms with Gasteiger partial charge in [-0.25, -0.2) is 14.5 Å². The third-order valence-electron chi connectivity index (χ3n) is 6.49. The van der Waals surface area contributed by atoms with Crippen molar-refractivity contribution in [3.8, 4) is 33.8 Å². The summed E-state index contributed by atoms with van der Waals surface area (Å²) in [6.07, 6.45) is -6.67. The fraction of sp³-hybridized carbons (Fsp3) is 0.129. The van der Waals surface area contributed by atoms with Gasteiger partial charge in [0.15, 0.2) is 0 Å². The molecule has 0 atom stereocenters. The number of para-hydroxylation sites is 1. The van der Waals surface area contributed by atoms with Crippen molar-refractivity contribution in [2.24, 2.45) is 0 Å². The summed E-state index contributed by atoms with van der Waals surface area (Å²) >= 11 is 0. The smallest absolute Gasteiger partial charge is 0.416 e. The van der Waals surface area contributed by atoms with Crippen LogP contribution in [0, 0.1) is 0 Å². The van der Waals surface area contributed by atoms with Crippen molar-refractivity contribution in [2.45, 2.75) is 12.4 Å². The highest BCUT2D eigenvalue weighted by atomic mass is 19.4. The average molecular weight is 627 g/mol. The lowest BCUT2D eigenvalue weighted by Gasteiger charge is -2.15. The molecule has 5 aromatic rings. The van der Waals surface area contributed by atoms with Crippen LogP contribution >= 0.6 is 0 Å². The van der Waals surface area contributed by atoms with Crippen LogP contribution in [0.15, 0.2) is 97.3 Å². The van der Waals surface area contributed by atoms with Gasteiger partial charge in [-0.2, -0.15) is 31.4 Å². The number of halogens is 6. The molecule has 0 aliphatic rings. The van der Waals surface area contributed by atoms with Crippen LogP contribution in [0.2, 0.25) is 0 Å². The maximum atomic E-state index is 13.1. The van der Waals surface area contributed by atoms with Crippen molar-refractivity contribution in [1.82, 2.24) is 20.1 Å². The minimum atomic E-state index is -5.04. The second-order valence-electron chi connectivity index (χ2n) is 9.75. The topological polar surface area (TPSA) is 104 Å². The first-order valence-electron chi connectivity index (χ1n) is 13.4. The largest absolute Gasteiger partial charge is 0.508 e. The summed E-state index contributed by atoms with van der Waals surface area (Å²) in [6, 6.07) is 19.5. The number of nitrogens with one attached hydrogen (secondary N) is 3. The van der Waals surface area contributed by atoms with E-state index in [-0.39, 0.29) is 24.9 Å². The zero-order valence-electron chi connectivity index (χ0n) is 23.1. The summed E-state index contributed by atoms with van der Waals surface area (Å²) < 4.78 is 80.3. The maximum absolute atomic E-state index is 13.1. The molecule has 45 heavy (non-hydrogen) atoms. The number of nitrogens with zero attached hydrogens (tertiary/aromatic N) is 3. The van der Waals surface area contributed by atoms with Crippen LogP contribution in [0.3, 0.4) is 0 Å². The molecular formula is C31H24F6N6O2. The van der Waals surface area contributed by atoms with Gasteiger partial charge in [-0.3, -0.25) is 0 Å². The van der Waals surface area contributed by atoms with E-state index in [9.17, 15) is 36.2 Å². The Kier molecular flexibility index (Phi) is 8.66. The summed E-state index contributed by atoms with van der Waals surface area (Å²) in [4.78, 5) is 16.5. The van der Waals surface area contributed by atoms with E-state index in [1.54, 1.807) is 41.2 Å². The van der Waals surface area contributed by atoms with Crippen molar-refractivity contribution in [3.63, 3.8) is 0 Å². The van der Waals surface area contributed by atoms with Gasteiger partial charge < -0.3 is 21.1 Å². The Morgan fingerprint density at radius 1 is 0.800 bits per heavy atom. The third-order valence-corrected chi connectivity index (χ3v) is 6.49. The number of aromatic hydroxyl groups is 1. The first kappa shape index (κ1) is 30.9. The molecule has 0 saturated heterocycles. The SMILES string of the molecule is O=C(NCCNc1cc(-c2cn(-c3ccccc3)nc2-c2cccc(O)c2)ccn1)Nc1cc(C(F)(F)F)cc(C(F)(F)F)c1. The van der Waals surface area contributed by atoms with E-state index in [0.717, 1.165) is 16.8 Å². The standard InChI is InChI=1S/C31H24F6N6O2/c32-30(33,34)21-15-22(31(35,36)37)17-23(16-21)41-29(45)40-12-11-39-27-14-19(9-10-38-27)26-18-43(24-6-2-1-3-7-24)42-28(26)20-5-4-8-25(44)13-20/h1-10,13-18,44H,11-12H2,(H,38,39)(H2,40,41,45). The van der Waals surface area contributed by atoms with Crippen LogP contribution in [-0.2, 0) is 12.4 Å². The van der Waals surface area contributed by atoms with Gasteiger partial charge in [-0.15, -0.1) is 0 Å². The molecule has 14 heteroatoms. The summed E-state index contributed by atoms with van der Waals surface area (Å²) in [5.74, 6) is 0.506. The second kappa shape index (κ2) is 12.6. The molecule has 0 aliphatic heterocycles. The van der Waals surface area contributed by atoms with Crippen LogP contribution in [0.5, 0.6) is 5.75 Å². The molecule has 4 N–H and O–H groups in total. The highest BCUT2D eigenvalue weighted by Gasteiger charge is 2.37. The summed E-state index contributed by atoms with van der Waals surface area (Å²) in [5, 5.41) is 22.2. The lowest BCUT2D eigenvalue weighted by atomic mass is 10.0. The van der Waals surface area contributed by atoms with Crippen LogP contribution in [-0.4, -0.2) is 39.0 Å². The highest BCUT2D eigenvalue weighted by Crippen LogP contribution is 2.38. The minimum Gasteiger partial charge on any atom is -0.508 e. The van der Waals surface area contributed by atoms with Gasteiger partial charge in [0.2, 0.25) is 0 Å². The van der Waals surface area contributed by atoms with Crippen LogP contribution in [0.25, 0.3) is 28.1 Å². The number of carbonyl (C=O) groups excluding carboxylic acids is 1. The summed E-state index contributed by atoms with van der Waals surface area (Å²) in [5.41, 5.74) is -0.144. The number of alkyl halides is 6. The van der Waals surface area contributed by atoms with Crippen molar-refractivity contribution >= 4 is 17.5 Å². The van der Waals surface area contributed by atoms with Crippen LogP contribution < -0.4 is 16.0 Å². The maximum Gasteiger partial charge on any atom is 0.416 e. The van der Waals surface area contributed by atoms with Crippen LogP contribution in [0.4, 0.5) is 42.6 Å². The number of phenols is 1. The number of urea groups is 1. The van der Waals surface area contributed by atoms with Gasteiger partial charge >= 0.3 is 18.4 Å². The van der Waals surface area contributed by atoms with Crippen molar-refractivity contribution < 1.29 is 36.2 Å². The Morgan fingerprint density at radius 2 is 1.51 bits per heavy atom. The highest BCUT2D eigenvalue weighted by molar-refractivity contribution is 5.89. The number of carbonyl (C=O) groups is 1. The van der Waals surface area contributed by atoms with Gasteiger partial charge in [0, 0.05) is 42.3 Å². The molecule has 232 valence electrons. The Hall–Kier alpha value is -5.53. The third kappa shape index (κ3) is 7.71. The van der Waals surface area contributed by atoms with Crippen molar-refractivity contribution in [1.29, 1.82) is 0 Å². The predicted octanol–water partition coefficient (Wildman–Crippen LogP) is 7.58. The van der Waals surface area contributed by atoms with E-state index in [0.29, 0.717) is 29.2 Å². The first-order chi connectivity index (χ1) is 21.4. The lowest BCUT2D eigenvalue weighted by Crippen LogP contribution is -2.33. The van der Waals surface area contributed by atoms with Gasteiger partial charge in [0.05, 0.1) is 16.8 Å². The van der Waals surface area contributed by atoms with Gasteiger partial charge in [-0.05, 0) is 60.2 Å². The zero-order chi connectivity index (χ0) is 32.2. The van der Waals surface area contributed by atoms with Crippen molar-refractivity contribution in [3.05, 3.63) is 108 Å². The molecule has 0 unspecified atom stereocenters. The molecule has 3 aromatic carbocycles. The average Bonchev–Trinajstić information content (AvgIpc) is 3.45. The molecule has 2 amide bonds. The quantitative estimate of drug-likeness (QED) is 0.105. The molecule has 0 aliphatic carbocycles. The molecule has 8 nitrogen and oxygen atoms in total. The fourth-order valence-corrected chi connectivity index (χ4v) is 4.43. The number of rotatable bonds is 8. The minimum absolute atomic E-state index is 0.0204. The van der Waals surface area contributed by atoms with Gasteiger partial charge in [-0.1, -0.05) is 30.3 Å².